The summed E-state index contributed by atoms with van der Waals surface area (Å²) in [5.41, 5.74) is 5.51. The first kappa shape index (κ1) is 13.9. The number of fused-ring (bicyclic) bond motifs is 1. The summed E-state index contributed by atoms with van der Waals surface area (Å²) in [4.78, 5) is 5.41. The number of furan rings is 1. The molecule has 0 saturated heterocycles. The summed E-state index contributed by atoms with van der Waals surface area (Å²) in [5, 5.41) is 10.0. The zero-order valence-electron chi connectivity index (χ0n) is 11.9. The normalized spacial score (nSPS) is 10.3. The lowest BCUT2D eigenvalue weighted by Crippen LogP contribution is -2.12. The molecular weight excluding hydrogens is 276 g/mol. The summed E-state index contributed by atoms with van der Waals surface area (Å²) in [7, 11) is 0. The first-order valence-electron chi connectivity index (χ1n) is 6.81. The first-order chi connectivity index (χ1) is 10.8. The Morgan fingerprint density at radius 2 is 1.95 bits per heavy atom. The van der Waals surface area contributed by atoms with Gasteiger partial charge in [-0.1, -0.05) is 43.0 Å². The van der Waals surface area contributed by atoms with Crippen LogP contribution in [0.1, 0.15) is 16.9 Å². The average molecular weight is 290 g/mol. The van der Waals surface area contributed by atoms with Gasteiger partial charge in [-0.15, -0.1) is 0 Å². The van der Waals surface area contributed by atoms with Gasteiger partial charge in [-0.2, -0.15) is 5.26 Å². The molecule has 3 rings (SSSR count). The summed E-state index contributed by atoms with van der Waals surface area (Å²) in [6, 6.07) is 19.1. The van der Waals surface area contributed by atoms with Crippen LogP contribution in [-0.4, -0.2) is 0 Å². The Labute approximate surface area is 128 Å². The van der Waals surface area contributed by atoms with Crippen molar-refractivity contribution < 1.29 is 9.25 Å². The lowest BCUT2D eigenvalue weighted by molar-refractivity contribution is 0.0637. The van der Waals surface area contributed by atoms with Crippen molar-refractivity contribution in [2.45, 2.75) is 6.61 Å². The van der Waals surface area contributed by atoms with E-state index in [9.17, 15) is 0 Å². The molecule has 0 saturated carbocycles. The smallest absolute Gasteiger partial charge is 0.152 e. The van der Waals surface area contributed by atoms with E-state index in [2.05, 4.69) is 18.1 Å². The van der Waals surface area contributed by atoms with Crippen molar-refractivity contribution >= 4 is 16.7 Å². The Bertz CT molecular complexity index is 826. The molecule has 0 aliphatic heterocycles. The van der Waals surface area contributed by atoms with Crippen LogP contribution in [-0.2, 0) is 11.4 Å². The lowest BCUT2D eigenvalue weighted by atomic mass is 10.1. The van der Waals surface area contributed by atoms with Crippen molar-refractivity contribution in [2.75, 3.05) is 0 Å². The fourth-order valence-corrected chi connectivity index (χ4v) is 2.14. The van der Waals surface area contributed by atoms with Gasteiger partial charge in [-0.05, 0) is 23.8 Å². The molecule has 2 aromatic carbocycles. The van der Waals surface area contributed by atoms with Crippen LogP contribution in [0, 0.1) is 11.3 Å². The summed E-state index contributed by atoms with van der Waals surface area (Å²) >= 11 is 0. The molecule has 1 heterocycles. The zero-order valence-corrected chi connectivity index (χ0v) is 11.9. The molecule has 0 aliphatic carbocycles. The van der Waals surface area contributed by atoms with Gasteiger partial charge in [0.1, 0.15) is 12.2 Å². The van der Waals surface area contributed by atoms with Crippen LogP contribution in [0.25, 0.3) is 16.7 Å². The third-order valence-electron chi connectivity index (χ3n) is 3.28. The van der Waals surface area contributed by atoms with Gasteiger partial charge in [0.2, 0.25) is 0 Å². The molecule has 1 N–H and O–H groups in total. The van der Waals surface area contributed by atoms with Gasteiger partial charge in [0.25, 0.3) is 0 Å². The Morgan fingerprint density at radius 3 is 2.77 bits per heavy atom. The van der Waals surface area contributed by atoms with Crippen molar-refractivity contribution in [1.82, 2.24) is 5.48 Å². The molecule has 0 spiro atoms. The number of nitrogens with one attached hydrogen (secondary N) is 1. The fraction of sp³-hybridized carbons (Fsp3) is 0.0556. The van der Waals surface area contributed by atoms with Gasteiger partial charge >= 0.3 is 0 Å². The second kappa shape index (κ2) is 6.17. The predicted octanol–water partition coefficient (Wildman–Crippen LogP) is 4.00. The van der Waals surface area contributed by atoms with Crippen molar-refractivity contribution in [3.63, 3.8) is 0 Å². The summed E-state index contributed by atoms with van der Waals surface area (Å²) in [6.07, 6.45) is 0. The Hall–Kier alpha value is -3.03. The molecule has 108 valence electrons. The second-order valence-electron chi connectivity index (χ2n) is 4.79. The number of nitriles is 1. The van der Waals surface area contributed by atoms with Crippen LogP contribution >= 0.6 is 0 Å². The number of nitrogens with zero attached hydrogens (tertiary/aromatic N) is 1. The van der Waals surface area contributed by atoms with Crippen molar-refractivity contribution in [3.8, 4) is 6.07 Å². The molecule has 4 heteroatoms. The highest BCUT2D eigenvalue weighted by Crippen LogP contribution is 2.22. The van der Waals surface area contributed by atoms with Crippen LogP contribution in [0.5, 0.6) is 0 Å². The van der Waals surface area contributed by atoms with Crippen molar-refractivity contribution in [2.24, 2.45) is 0 Å². The standard InChI is InChI=1S/C18H14N2O2/c1-13(18-10-14-6-4-5-9-17(14)22-18)20-21-12-16-8-3-2-7-15(16)11-19/h2-10,20H,1,12H2. The van der Waals surface area contributed by atoms with Crippen molar-refractivity contribution in [1.29, 1.82) is 5.26 Å². The van der Waals surface area contributed by atoms with Gasteiger partial charge in [0.05, 0.1) is 17.3 Å². The number of rotatable bonds is 5. The number of hydroxylamine groups is 1. The minimum atomic E-state index is 0.267. The molecule has 3 aromatic rings. The molecule has 4 nitrogen and oxygen atoms in total. The maximum Gasteiger partial charge on any atom is 0.152 e. The topological polar surface area (TPSA) is 58.2 Å². The van der Waals surface area contributed by atoms with E-state index >= 15 is 0 Å². The number of hydrogen-bond acceptors (Lipinski definition) is 4. The predicted molar refractivity (Wildman–Crippen MR) is 84.3 cm³/mol. The van der Waals surface area contributed by atoms with Gasteiger partial charge in [-0.25, -0.2) is 0 Å². The first-order valence-corrected chi connectivity index (χ1v) is 6.81. The number of benzene rings is 2. The van der Waals surface area contributed by atoms with E-state index in [1.807, 2.05) is 48.5 Å². The van der Waals surface area contributed by atoms with Crippen LogP contribution in [0.2, 0.25) is 0 Å². The van der Waals surface area contributed by atoms with E-state index in [-0.39, 0.29) is 6.61 Å². The Kier molecular flexibility index (Phi) is 3.90. The molecule has 0 radical (unpaired) electrons. The molecule has 0 fully saturated rings. The quantitative estimate of drug-likeness (QED) is 0.722. The molecule has 0 bridgehead atoms. The zero-order chi connectivity index (χ0) is 15.4. The maximum atomic E-state index is 9.03. The van der Waals surface area contributed by atoms with E-state index in [0.717, 1.165) is 16.5 Å². The third-order valence-corrected chi connectivity index (χ3v) is 3.28. The minimum absolute atomic E-state index is 0.267. The molecular formula is C18H14N2O2. The lowest BCUT2D eigenvalue weighted by Gasteiger charge is -2.08. The van der Waals surface area contributed by atoms with Crippen LogP contribution in [0.15, 0.2) is 65.6 Å². The van der Waals surface area contributed by atoms with E-state index in [0.29, 0.717) is 17.0 Å². The van der Waals surface area contributed by atoms with Crippen molar-refractivity contribution in [3.05, 3.63) is 78.1 Å². The van der Waals surface area contributed by atoms with Crippen LogP contribution in [0.4, 0.5) is 0 Å². The van der Waals surface area contributed by atoms with Crippen LogP contribution in [0.3, 0.4) is 0 Å². The number of hydrogen-bond donors (Lipinski definition) is 1. The van der Waals surface area contributed by atoms with Gasteiger partial charge < -0.3 is 4.42 Å². The highest BCUT2D eigenvalue weighted by atomic mass is 16.6. The highest BCUT2D eigenvalue weighted by molar-refractivity contribution is 5.81. The molecule has 1 aromatic heterocycles. The van der Waals surface area contributed by atoms with Gasteiger partial charge in [0.15, 0.2) is 5.76 Å². The average Bonchev–Trinajstić information content (AvgIpc) is 2.99. The number of para-hydroxylation sites is 1. The van der Waals surface area contributed by atoms with E-state index in [1.54, 1.807) is 6.07 Å². The monoisotopic (exact) mass is 290 g/mol. The largest absolute Gasteiger partial charge is 0.454 e. The molecule has 0 unspecified atom stereocenters. The second-order valence-corrected chi connectivity index (χ2v) is 4.79. The minimum Gasteiger partial charge on any atom is -0.454 e. The molecule has 0 amide bonds. The SMILES string of the molecule is C=C(NOCc1ccccc1C#N)c1cc2ccccc2o1. The van der Waals surface area contributed by atoms with E-state index in [1.165, 1.54) is 0 Å². The fourth-order valence-electron chi connectivity index (χ4n) is 2.14. The molecule has 0 aliphatic rings. The molecule has 22 heavy (non-hydrogen) atoms. The Balaban J connectivity index is 1.64. The third kappa shape index (κ3) is 2.85. The summed E-state index contributed by atoms with van der Waals surface area (Å²) in [5.74, 6) is 0.620. The van der Waals surface area contributed by atoms with Gasteiger partial charge in [0, 0.05) is 5.39 Å². The Morgan fingerprint density at radius 1 is 1.18 bits per heavy atom. The summed E-state index contributed by atoms with van der Waals surface area (Å²) in [6.45, 7) is 4.17. The highest BCUT2D eigenvalue weighted by Gasteiger charge is 2.07. The summed E-state index contributed by atoms with van der Waals surface area (Å²) < 4.78 is 5.68. The van der Waals surface area contributed by atoms with Crippen LogP contribution < -0.4 is 5.48 Å². The van der Waals surface area contributed by atoms with E-state index < -0.39 is 0 Å². The van der Waals surface area contributed by atoms with E-state index in [4.69, 9.17) is 14.5 Å². The van der Waals surface area contributed by atoms with Gasteiger partial charge in [-0.3, -0.25) is 10.3 Å². The molecule has 0 atom stereocenters. The maximum absolute atomic E-state index is 9.03.